The minimum atomic E-state index is -4.62. The summed E-state index contributed by atoms with van der Waals surface area (Å²) in [7, 11) is -0.401. The highest BCUT2D eigenvalue weighted by Crippen LogP contribution is 2.37. The number of rotatable bonds is 5. The van der Waals surface area contributed by atoms with Crippen LogP contribution in [0, 0.1) is 5.92 Å². The first-order valence-corrected chi connectivity index (χ1v) is 11.2. The lowest BCUT2D eigenvalue weighted by atomic mass is 9.97. The second kappa shape index (κ2) is 8.88. The van der Waals surface area contributed by atoms with Crippen molar-refractivity contribution in [3.05, 3.63) is 54.1 Å². The molecule has 10 heteroatoms. The Morgan fingerprint density at radius 2 is 1.68 bits per heavy atom. The molecule has 0 radical (unpaired) electrons. The van der Waals surface area contributed by atoms with Crippen molar-refractivity contribution < 1.29 is 26.4 Å². The third-order valence-electron chi connectivity index (χ3n) is 5.29. The number of hydrogen-bond donors (Lipinski definition) is 1. The Bertz CT molecular complexity index is 1030. The molecule has 0 bridgehead atoms. The van der Waals surface area contributed by atoms with Gasteiger partial charge in [-0.1, -0.05) is 18.2 Å². The van der Waals surface area contributed by atoms with Gasteiger partial charge in [-0.05, 0) is 43.2 Å². The van der Waals surface area contributed by atoms with E-state index >= 15 is 0 Å². The van der Waals surface area contributed by atoms with Crippen molar-refractivity contribution in [2.24, 2.45) is 5.92 Å². The molecule has 0 aromatic heterocycles. The molecule has 1 amide bonds. The summed E-state index contributed by atoms with van der Waals surface area (Å²) >= 11 is 0. The van der Waals surface area contributed by atoms with Gasteiger partial charge in [0.05, 0.1) is 16.1 Å². The Hall–Kier alpha value is -2.59. The molecular formula is C21H24F3N3O3S. The van der Waals surface area contributed by atoms with Crippen LogP contribution in [0.5, 0.6) is 0 Å². The van der Waals surface area contributed by atoms with E-state index in [2.05, 4.69) is 5.32 Å². The maximum absolute atomic E-state index is 13.5. The number of amides is 1. The minimum Gasteiger partial charge on any atom is -0.378 e. The van der Waals surface area contributed by atoms with Crippen LogP contribution in [0.1, 0.15) is 18.4 Å². The quantitative estimate of drug-likeness (QED) is 0.745. The maximum atomic E-state index is 13.5. The predicted octanol–water partition coefficient (Wildman–Crippen LogP) is 3.81. The molecule has 1 aliphatic heterocycles. The van der Waals surface area contributed by atoms with Gasteiger partial charge in [0, 0.05) is 38.8 Å². The Labute approximate surface area is 179 Å². The van der Waals surface area contributed by atoms with E-state index < -0.39 is 33.6 Å². The number of alkyl halides is 3. The number of sulfonamides is 1. The summed E-state index contributed by atoms with van der Waals surface area (Å²) in [6.07, 6.45) is -4.16. The summed E-state index contributed by atoms with van der Waals surface area (Å²) in [5.41, 5.74) is -0.858. The molecule has 2 aromatic rings. The van der Waals surface area contributed by atoms with E-state index in [0.717, 1.165) is 6.07 Å². The smallest absolute Gasteiger partial charge is 0.378 e. The van der Waals surface area contributed by atoms with Crippen LogP contribution in [-0.4, -0.2) is 45.8 Å². The summed E-state index contributed by atoms with van der Waals surface area (Å²) in [4.78, 5) is 14.4. The maximum Gasteiger partial charge on any atom is 0.418 e. The van der Waals surface area contributed by atoms with Crippen molar-refractivity contribution in [3.63, 3.8) is 0 Å². The van der Waals surface area contributed by atoms with E-state index in [0.29, 0.717) is 5.69 Å². The number of nitrogens with zero attached hydrogens (tertiary/aromatic N) is 2. The van der Waals surface area contributed by atoms with E-state index in [-0.39, 0.29) is 36.5 Å². The van der Waals surface area contributed by atoms with E-state index in [9.17, 15) is 26.4 Å². The highest BCUT2D eigenvalue weighted by molar-refractivity contribution is 7.89. The largest absolute Gasteiger partial charge is 0.418 e. The minimum absolute atomic E-state index is 0.126. The van der Waals surface area contributed by atoms with Crippen LogP contribution in [0.25, 0.3) is 0 Å². The van der Waals surface area contributed by atoms with Gasteiger partial charge in [-0.15, -0.1) is 0 Å². The molecule has 1 N–H and O–H groups in total. The zero-order chi connectivity index (χ0) is 22.8. The highest BCUT2D eigenvalue weighted by atomic mass is 32.2. The second-order valence-electron chi connectivity index (χ2n) is 7.60. The zero-order valence-electron chi connectivity index (χ0n) is 17.2. The number of piperidine rings is 1. The number of benzene rings is 2. The first-order valence-electron chi connectivity index (χ1n) is 9.75. The van der Waals surface area contributed by atoms with Gasteiger partial charge in [-0.25, -0.2) is 8.42 Å². The zero-order valence-corrected chi connectivity index (χ0v) is 18.0. The molecule has 1 aliphatic rings. The van der Waals surface area contributed by atoms with Gasteiger partial charge in [0.25, 0.3) is 0 Å². The van der Waals surface area contributed by atoms with Gasteiger partial charge in [0.2, 0.25) is 15.9 Å². The Morgan fingerprint density at radius 1 is 1.06 bits per heavy atom. The summed E-state index contributed by atoms with van der Waals surface area (Å²) in [6.45, 7) is 0.252. The summed E-state index contributed by atoms with van der Waals surface area (Å²) in [5, 5.41) is 2.39. The number of nitrogens with one attached hydrogen (secondary N) is 1. The molecule has 1 heterocycles. The van der Waals surface area contributed by atoms with Crippen molar-refractivity contribution in [2.75, 3.05) is 37.4 Å². The van der Waals surface area contributed by atoms with Gasteiger partial charge in [-0.3, -0.25) is 4.79 Å². The van der Waals surface area contributed by atoms with Crippen LogP contribution in [0.15, 0.2) is 53.4 Å². The molecular weight excluding hydrogens is 431 g/mol. The van der Waals surface area contributed by atoms with E-state index in [1.54, 1.807) is 37.2 Å². The van der Waals surface area contributed by atoms with Crippen molar-refractivity contribution in [1.29, 1.82) is 0 Å². The lowest BCUT2D eigenvalue weighted by molar-refractivity contribution is -0.137. The first kappa shape index (κ1) is 23.1. The molecule has 31 heavy (non-hydrogen) atoms. The van der Waals surface area contributed by atoms with Crippen LogP contribution < -0.4 is 10.2 Å². The van der Waals surface area contributed by atoms with Crippen molar-refractivity contribution in [3.8, 4) is 0 Å². The van der Waals surface area contributed by atoms with Gasteiger partial charge < -0.3 is 10.2 Å². The fraction of sp³-hybridized carbons (Fsp3) is 0.381. The lowest BCUT2D eigenvalue weighted by Crippen LogP contribution is -2.41. The highest BCUT2D eigenvalue weighted by Gasteiger charge is 2.36. The van der Waals surface area contributed by atoms with Gasteiger partial charge in [0.1, 0.15) is 0 Å². The number of hydrogen-bond acceptors (Lipinski definition) is 4. The fourth-order valence-corrected chi connectivity index (χ4v) is 4.98. The van der Waals surface area contributed by atoms with E-state index in [1.165, 1.54) is 28.6 Å². The number of carbonyl (C=O) groups is 1. The fourth-order valence-electron chi connectivity index (χ4n) is 3.49. The third-order valence-corrected chi connectivity index (χ3v) is 7.20. The van der Waals surface area contributed by atoms with Crippen LogP contribution >= 0.6 is 0 Å². The van der Waals surface area contributed by atoms with E-state index in [4.69, 9.17) is 0 Å². The third kappa shape index (κ3) is 5.19. The molecule has 0 atom stereocenters. The van der Waals surface area contributed by atoms with Gasteiger partial charge >= 0.3 is 6.18 Å². The monoisotopic (exact) mass is 455 g/mol. The molecule has 168 valence electrons. The van der Waals surface area contributed by atoms with Gasteiger partial charge in [0.15, 0.2) is 0 Å². The average Bonchev–Trinajstić information content (AvgIpc) is 2.73. The number of anilines is 2. The topological polar surface area (TPSA) is 69.7 Å². The molecule has 2 aromatic carbocycles. The number of carbonyl (C=O) groups excluding carboxylic acids is 1. The molecule has 0 saturated carbocycles. The SMILES string of the molecule is CN(C)c1ccc(NC(=O)C2CCN(S(=O)(=O)c3ccccc3)CC2)c(C(F)(F)F)c1. The Kier molecular flexibility index (Phi) is 6.61. The molecule has 0 spiro atoms. The normalized spacial score (nSPS) is 16.2. The standard InChI is InChI=1S/C21H24F3N3O3S/c1-26(2)16-8-9-19(18(14-16)21(22,23)24)25-20(28)15-10-12-27(13-11-15)31(29,30)17-6-4-3-5-7-17/h3-9,14-15H,10-13H2,1-2H3,(H,25,28). The molecule has 0 aliphatic carbocycles. The Balaban J connectivity index is 1.70. The van der Waals surface area contributed by atoms with Crippen molar-refractivity contribution in [2.45, 2.75) is 23.9 Å². The van der Waals surface area contributed by atoms with Crippen LogP contribution in [-0.2, 0) is 21.0 Å². The number of halogens is 3. The lowest BCUT2D eigenvalue weighted by Gasteiger charge is -2.30. The summed E-state index contributed by atoms with van der Waals surface area (Å²) < 4.78 is 67.1. The molecule has 6 nitrogen and oxygen atoms in total. The van der Waals surface area contributed by atoms with Crippen molar-refractivity contribution in [1.82, 2.24) is 4.31 Å². The second-order valence-corrected chi connectivity index (χ2v) is 9.54. The van der Waals surface area contributed by atoms with Crippen LogP contribution in [0.3, 0.4) is 0 Å². The van der Waals surface area contributed by atoms with Crippen molar-refractivity contribution >= 4 is 27.3 Å². The summed E-state index contributed by atoms with van der Waals surface area (Å²) in [5.74, 6) is -1.11. The molecule has 0 unspecified atom stereocenters. The molecule has 1 saturated heterocycles. The van der Waals surface area contributed by atoms with Crippen LogP contribution in [0.2, 0.25) is 0 Å². The van der Waals surface area contributed by atoms with Gasteiger partial charge in [-0.2, -0.15) is 17.5 Å². The van der Waals surface area contributed by atoms with Crippen LogP contribution in [0.4, 0.5) is 24.5 Å². The molecule has 3 rings (SSSR count). The first-order chi connectivity index (χ1) is 14.5. The Morgan fingerprint density at radius 3 is 2.23 bits per heavy atom. The molecule has 1 fully saturated rings. The summed E-state index contributed by atoms with van der Waals surface area (Å²) in [6, 6.07) is 11.7. The predicted molar refractivity (Wildman–Crippen MR) is 112 cm³/mol. The van der Waals surface area contributed by atoms with E-state index in [1.807, 2.05) is 0 Å². The average molecular weight is 456 g/mol.